The number of nitrogens with one attached hydrogen (secondary N) is 1. The zero-order valence-electron chi connectivity index (χ0n) is 13.4. The van der Waals surface area contributed by atoms with Crippen molar-refractivity contribution in [2.75, 3.05) is 13.2 Å². The highest BCUT2D eigenvalue weighted by Gasteiger charge is 2.07. The van der Waals surface area contributed by atoms with Crippen LogP contribution < -0.4 is 10.1 Å². The van der Waals surface area contributed by atoms with E-state index < -0.39 is 0 Å². The number of benzene rings is 1. The summed E-state index contributed by atoms with van der Waals surface area (Å²) < 4.78 is 20.0. The Morgan fingerprint density at radius 1 is 1.12 bits per heavy atom. The van der Waals surface area contributed by atoms with Gasteiger partial charge in [-0.05, 0) is 36.4 Å². The van der Waals surface area contributed by atoms with E-state index in [1.807, 2.05) is 29.0 Å². The van der Waals surface area contributed by atoms with Crippen LogP contribution in [-0.2, 0) is 11.3 Å². The standard InChI is InChI=1S/C18H17FN4O2/c19-14-4-6-15(7-5-14)25-13-17(24)21-9-11-23-12-10-22-18(23)16-3-1-2-8-20-16/h1-8,10,12H,9,11,13H2,(H,21,24). The molecule has 0 saturated heterocycles. The summed E-state index contributed by atoms with van der Waals surface area (Å²) in [6, 6.07) is 11.2. The zero-order chi connectivity index (χ0) is 17.5. The fourth-order valence-corrected chi connectivity index (χ4v) is 2.26. The average Bonchev–Trinajstić information content (AvgIpc) is 3.10. The quantitative estimate of drug-likeness (QED) is 0.716. The second-order valence-corrected chi connectivity index (χ2v) is 5.25. The van der Waals surface area contributed by atoms with E-state index in [0.29, 0.717) is 18.8 Å². The fourth-order valence-electron chi connectivity index (χ4n) is 2.26. The van der Waals surface area contributed by atoms with Crippen molar-refractivity contribution in [2.24, 2.45) is 0 Å². The van der Waals surface area contributed by atoms with E-state index in [1.54, 1.807) is 12.4 Å². The predicted octanol–water partition coefficient (Wildman–Crippen LogP) is 2.28. The summed E-state index contributed by atoms with van der Waals surface area (Å²) in [5.74, 6) is 0.602. The summed E-state index contributed by atoms with van der Waals surface area (Å²) in [6.45, 7) is 0.874. The lowest BCUT2D eigenvalue weighted by molar-refractivity contribution is -0.123. The van der Waals surface area contributed by atoms with Crippen molar-refractivity contribution >= 4 is 5.91 Å². The number of pyridine rings is 1. The molecule has 6 nitrogen and oxygen atoms in total. The van der Waals surface area contributed by atoms with E-state index in [1.165, 1.54) is 24.3 Å². The molecule has 3 aromatic rings. The molecule has 0 aliphatic carbocycles. The Morgan fingerprint density at radius 2 is 1.96 bits per heavy atom. The molecule has 0 fully saturated rings. The molecular weight excluding hydrogens is 323 g/mol. The summed E-state index contributed by atoms with van der Waals surface area (Å²) in [7, 11) is 0. The van der Waals surface area contributed by atoms with Crippen LogP contribution in [0.3, 0.4) is 0 Å². The van der Waals surface area contributed by atoms with Gasteiger partial charge in [-0.15, -0.1) is 0 Å². The topological polar surface area (TPSA) is 69.0 Å². The van der Waals surface area contributed by atoms with Crippen molar-refractivity contribution < 1.29 is 13.9 Å². The molecule has 0 radical (unpaired) electrons. The second-order valence-electron chi connectivity index (χ2n) is 5.25. The van der Waals surface area contributed by atoms with Crippen molar-refractivity contribution in [2.45, 2.75) is 6.54 Å². The minimum Gasteiger partial charge on any atom is -0.484 e. The van der Waals surface area contributed by atoms with Crippen molar-refractivity contribution in [3.05, 3.63) is 66.9 Å². The number of rotatable bonds is 7. The highest BCUT2D eigenvalue weighted by Crippen LogP contribution is 2.13. The SMILES string of the molecule is O=C(COc1ccc(F)cc1)NCCn1ccnc1-c1ccccn1. The summed E-state index contributed by atoms with van der Waals surface area (Å²) in [6.07, 6.45) is 5.25. The minimum atomic E-state index is -0.346. The molecule has 0 aliphatic rings. The van der Waals surface area contributed by atoms with Crippen molar-refractivity contribution in [3.63, 3.8) is 0 Å². The third kappa shape index (κ3) is 4.63. The first-order valence-electron chi connectivity index (χ1n) is 7.80. The molecule has 0 saturated carbocycles. The van der Waals surface area contributed by atoms with E-state index >= 15 is 0 Å². The predicted molar refractivity (Wildman–Crippen MR) is 90.4 cm³/mol. The Morgan fingerprint density at radius 3 is 2.72 bits per heavy atom. The van der Waals surface area contributed by atoms with Gasteiger partial charge in [0.25, 0.3) is 5.91 Å². The van der Waals surface area contributed by atoms with E-state index in [-0.39, 0.29) is 18.3 Å². The van der Waals surface area contributed by atoms with Gasteiger partial charge in [0, 0.05) is 31.7 Å². The highest BCUT2D eigenvalue weighted by molar-refractivity contribution is 5.77. The maximum Gasteiger partial charge on any atom is 0.258 e. The highest BCUT2D eigenvalue weighted by atomic mass is 19.1. The van der Waals surface area contributed by atoms with Gasteiger partial charge in [0.1, 0.15) is 17.3 Å². The summed E-state index contributed by atoms with van der Waals surface area (Å²) in [5, 5.41) is 2.77. The molecule has 1 amide bonds. The molecule has 0 aliphatic heterocycles. The van der Waals surface area contributed by atoms with Crippen LogP contribution in [0.1, 0.15) is 0 Å². The lowest BCUT2D eigenvalue weighted by atomic mass is 10.3. The lowest BCUT2D eigenvalue weighted by Gasteiger charge is -2.09. The molecule has 3 rings (SSSR count). The number of nitrogens with zero attached hydrogens (tertiary/aromatic N) is 3. The Labute approximate surface area is 144 Å². The van der Waals surface area contributed by atoms with Gasteiger partial charge in [-0.25, -0.2) is 9.37 Å². The molecule has 0 spiro atoms. The Bertz CT molecular complexity index is 819. The number of amides is 1. The van der Waals surface area contributed by atoms with Crippen molar-refractivity contribution in [1.29, 1.82) is 0 Å². The lowest BCUT2D eigenvalue weighted by Crippen LogP contribution is -2.31. The number of hydrogen-bond acceptors (Lipinski definition) is 4. The second kappa shape index (κ2) is 8.05. The monoisotopic (exact) mass is 340 g/mol. The average molecular weight is 340 g/mol. The third-order valence-electron chi connectivity index (χ3n) is 3.47. The van der Waals surface area contributed by atoms with Gasteiger partial charge >= 0.3 is 0 Å². The molecule has 2 heterocycles. The molecule has 2 aromatic heterocycles. The van der Waals surface area contributed by atoms with Crippen LogP contribution in [-0.4, -0.2) is 33.6 Å². The molecule has 0 unspecified atom stereocenters. The fraction of sp³-hybridized carbons (Fsp3) is 0.167. The van der Waals surface area contributed by atoms with Gasteiger partial charge < -0.3 is 14.6 Å². The van der Waals surface area contributed by atoms with Gasteiger partial charge in [-0.3, -0.25) is 9.78 Å². The van der Waals surface area contributed by atoms with E-state index in [4.69, 9.17) is 4.74 Å². The summed E-state index contributed by atoms with van der Waals surface area (Å²) in [4.78, 5) is 20.4. The summed E-state index contributed by atoms with van der Waals surface area (Å²) >= 11 is 0. The molecule has 1 aromatic carbocycles. The molecule has 128 valence electrons. The maximum absolute atomic E-state index is 12.8. The van der Waals surface area contributed by atoms with Crippen molar-refractivity contribution in [1.82, 2.24) is 19.9 Å². The summed E-state index contributed by atoms with van der Waals surface area (Å²) in [5.41, 5.74) is 0.776. The van der Waals surface area contributed by atoms with Gasteiger partial charge in [0.15, 0.2) is 12.4 Å². The molecular formula is C18H17FN4O2. The van der Waals surface area contributed by atoms with Crippen LogP contribution in [0.5, 0.6) is 5.75 Å². The molecule has 0 bridgehead atoms. The third-order valence-corrected chi connectivity index (χ3v) is 3.47. The minimum absolute atomic E-state index is 0.122. The smallest absolute Gasteiger partial charge is 0.258 e. The zero-order valence-corrected chi connectivity index (χ0v) is 13.4. The number of aromatic nitrogens is 3. The Balaban J connectivity index is 1.46. The van der Waals surface area contributed by atoms with Gasteiger partial charge in [-0.1, -0.05) is 6.07 Å². The molecule has 1 N–H and O–H groups in total. The van der Waals surface area contributed by atoms with Gasteiger partial charge in [-0.2, -0.15) is 0 Å². The first kappa shape index (κ1) is 16.6. The van der Waals surface area contributed by atoms with E-state index in [9.17, 15) is 9.18 Å². The maximum atomic E-state index is 12.8. The van der Waals surface area contributed by atoms with Crippen LogP contribution in [0.15, 0.2) is 61.1 Å². The number of carbonyl (C=O) groups is 1. The van der Waals surface area contributed by atoms with E-state index in [0.717, 1.165) is 11.5 Å². The van der Waals surface area contributed by atoms with Gasteiger partial charge in [0.2, 0.25) is 0 Å². The number of ether oxygens (including phenoxy) is 1. The van der Waals surface area contributed by atoms with Crippen LogP contribution in [0, 0.1) is 5.82 Å². The first-order valence-corrected chi connectivity index (χ1v) is 7.80. The van der Waals surface area contributed by atoms with Crippen molar-refractivity contribution in [3.8, 4) is 17.3 Å². The van der Waals surface area contributed by atoms with Crippen LogP contribution >= 0.6 is 0 Å². The molecule has 0 atom stereocenters. The Kier molecular flexibility index (Phi) is 5.36. The van der Waals surface area contributed by atoms with Gasteiger partial charge in [0.05, 0.1) is 0 Å². The van der Waals surface area contributed by atoms with Crippen LogP contribution in [0.4, 0.5) is 4.39 Å². The number of carbonyl (C=O) groups excluding carboxylic acids is 1. The largest absolute Gasteiger partial charge is 0.484 e. The number of imidazole rings is 1. The number of halogens is 1. The normalized spacial score (nSPS) is 10.4. The van der Waals surface area contributed by atoms with Crippen LogP contribution in [0.25, 0.3) is 11.5 Å². The van der Waals surface area contributed by atoms with E-state index in [2.05, 4.69) is 15.3 Å². The molecule has 25 heavy (non-hydrogen) atoms. The number of hydrogen-bond donors (Lipinski definition) is 1. The van der Waals surface area contributed by atoms with Crippen LogP contribution in [0.2, 0.25) is 0 Å². The Hall–Kier alpha value is -3.22. The molecule has 7 heteroatoms. The first-order chi connectivity index (χ1) is 12.2.